The number of amides is 1. The van der Waals surface area contributed by atoms with Crippen molar-refractivity contribution >= 4 is 14.4 Å². The number of halogens is 3. The monoisotopic (exact) mass is 390 g/mol. The second kappa shape index (κ2) is 7.97. The van der Waals surface area contributed by atoms with Gasteiger partial charge < -0.3 is 9.53 Å². The highest BCUT2D eigenvalue weighted by Crippen LogP contribution is 2.32. The summed E-state index contributed by atoms with van der Waals surface area (Å²) in [7, 11) is -2.53. The third-order valence-electron chi connectivity index (χ3n) is 4.15. The molecule has 1 saturated heterocycles. The first-order valence-electron chi connectivity index (χ1n) is 8.48. The molecular formula is C17H25F3N2O3Si. The van der Waals surface area contributed by atoms with Gasteiger partial charge in [0.15, 0.2) is 14.4 Å². The van der Waals surface area contributed by atoms with Crippen LogP contribution >= 0.6 is 0 Å². The Morgan fingerprint density at radius 3 is 2.38 bits per heavy atom. The first kappa shape index (κ1) is 20.7. The molecule has 1 amide bonds. The maximum Gasteiger partial charge on any atom is 0.415 e. The van der Waals surface area contributed by atoms with E-state index < -0.39 is 32.7 Å². The summed E-state index contributed by atoms with van der Waals surface area (Å²) < 4.78 is 46.5. The molecule has 0 aliphatic carbocycles. The van der Waals surface area contributed by atoms with Crippen molar-refractivity contribution < 1.29 is 27.5 Å². The minimum absolute atomic E-state index is 0.0180. The molecule has 1 aliphatic heterocycles. The van der Waals surface area contributed by atoms with Crippen molar-refractivity contribution in [3.8, 4) is 0 Å². The average Bonchev–Trinajstić information content (AvgIpc) is 2.51. The lowest BCUT2D eigenvalue weighted by Crippen LogP contribution is -2.63. The van der Waals surface area contributed by atoms with Gasteiger partial charge in [0.05, 0.1) is 6.04 Å². The van der Waals surface area contributed by atoms with Crippen LogP contribution in [0.1, 0.15) is 5.56 Å². The first-order valence-corrected chi connectivity index (χ1v) is 11.9. The first-order chi connectivity index (χ1) is 12.0. The van der Waals surface area contributed by atoms with Gasteiger partial charge in [0, 0.05) is 26.2 Å². The Morgan fingerprint density at radius 1 is 1.27 bits per heavy atom. The fourth-order valence-corrected chi connectivity index (χ4v) is 4.15. The van der Waals surface area contributed by atoms with Gasteiger partial charge in [-0.15, -0.1) is 0 Å². The molecule has 26 heavy (non-hydrogen) atoms. The van der Waals surface area contributed by atoms with Crippen LogP contribution in [0.5, 0.6) is 0 Å². The molecule has 0 spiro atoms. The van der Waals surface area contributed by atoms with Gasteiger partial charge >= 0.3 is 12.3 Å². The molecule has 0 bridgehead atoms. The van der Waals surface area contributed by atoms with E-state index in [1.54, 1.807) is 19.6 Å². The van der Waals surface area contributed by atoms with Crippen LogP contribution < -0.4 is 0 Å². The summed E-state index contributed by atoms with van der Waals surface area (Å²) >= 11 is 0. The Bertz CT molecular complexity index is 608. The van der Waals surface area contributed by atoms with Gasteiger partial charge in [-0.2, -0.15) is 13.2 Å². The van der Waals surface area contributed by atoms with E-state index in [1.807, 2.05) is 35.2 Å². The van der Waals surface area contributed by atoms with Crippen molar-refractivity contribution in [2.24, 2.45) is 0 Å². The number of piperazine rings is 1. The highest BCUT2D eigenvalue weighted by molar-refractivity contribution is 6.69. The quantitative estimate of drug-likeness (QED) is 0.780. The fourth-order valence-electron chi connectivity index (χ4n) is 3.10. The highest BCUT2D eigenvalue weighted by Gasteiger charge is 2.51. The Kier molecular flexibility index (Phi) is 6.36. The molecule has 5 nitrogen and oxygen atoms in total. The molecule has 1 aliphatic rings. The van der Waals surface area contributed by atoms with Crippen LogP contribution in [0.15, 0.2) is 30.3 Å². The summed E-state index contributed by atoms with van der Waals surface area (Å²) in [5.74, 6) is 0. The van der Waals surface area contributed by atoms with Gasteiger partial charge in [0.25, 0.3) is 0 Å². The van der Waals surface area contributed by atoms with Crippen molar-refractivity contribution in [2.75, 3.05) is 19.6 Å². The second-order valence-electron chi connectivity index (χ2n) is 7.46. The van der Waals surface area contributed by atoms with E-state index in [-0.39, 0.29) is 13.1 Å². The lowest BCUT2D eigenvalue weighted by molar-refractivity contribution is -0.217. The minimum Gasteiger partial charge on any atom is -0.465 e. The van der Waals surface area contributed by atoms with Crippen LogP contribution in [0.4, 0.5) is 18.0 Å². The van der Waals surface area contributed by atoms with E-state index in [4.69, 9.17) is 4.43 Å². The molecule has 0 radical (unpaired) electrons. The van der Waals surface area contributed by atoms with Crippen LogP contribution in [0.2, 0.25) is 19.6 Å². The van der Waals surface area contributed by atoms with Gasteiger partial charge in [-0.1, -0.05) is 30.3 Å². The third kappa shape index (κ3) is 5.71. The van der Waals surface area contributed by atoms with Crippen LogP contribution in [-0.4, -0.2) is 67.3 Å². The number of benzene rings is 1. The third-order valence-corrected chi connectivity index (χ3v) is 5.11. The maximum absolute atomic E-state index is 13.7. The number of hydrogen-bond acceptors (Lipinski definition) is 3. The van der Waals surface area contributed by atoms with E-state index in [0.717, 1.165) is 10.5 Å². The Labute approximate surface area is 152 Å². The molecular weight excluding hydrogens is 365 g/mol. The molecule has 1 aromatic rings. The van der Waals surface area contributed by atoms with Crippen molar-refractivity contribution in [1.82, 2.24) is 9.80 Å². The van der Waals surface area contributed by atoms with E-state index in [9.17, 15) is 23.1 Å². The predicted molar refractivity (Wildman–Crippen MR) is 94.5 cm³/mol. The van der Waals surface area contributed by atoms with Crippen molar-refractivity contribution in [1.29, 1.82) is 0 Å². The zero-order valence-corrected chi connectivity index (χ0v) is 16.2. The summed E-state index contributed by atoms with van der Waals surface area (Å²) in [5, 5.41) is 9.39. The molecule has 2 atom stereocenters. The summed E-state index contributed by atoms with van der Waals surface area (Å²) in [6, 6.07) is 8.13. The van der Waals surface area contributed by atoms with Crippen LogP contribution in [0.25, 0.3) is 0 Å². The standard InChI is InChI=1S/C17H25F3N2O3Si/c1-26(2,3)25-15(17(18,19)20)14-12-21(9-10-22(14)16(23)24)11-13-7-5-4-6-8-13/h4-8,14-15H,9-12H2,1-3H3,(H,23,24)/t14-,15?/m0/s1. The van der Waals surface area contributed by atoms with E-state index in [0.29, 0.717) is 13.1 Å². The molecule has 1 heterocycles. The molecule has 1 aromatic carbocycles. The molecule has 0 aromatic heterocycles. The Balaban J connectivity index is 2.24. The fraction of sp³-hybridized carbons (Fsp3) is 0.588. The van der Waals surface area contributed by atoms with Crippen LogP contribution in [-0.2, 0) is 11.0 Å². The Hall–Kier alpha value is -1.58. The normalized spacial score (nSPS) is 20.8. The lowest BCUT2D eigenvalue weighted by Gasteiger charge is -2.45. The summed E-state index contributed by atoms with van der Waals surface area (Å²) in [6.07, 6.45) is -8.10. The van der Waals surface area contributed by atoms with Gasteiger partial charge in [0.2, 0.25) is 0 Å². The van der Waals surface area contributed by atoms with Crippen molar-refractivity contribution in [3.05, 3.63) is 35.9 Å². The number of carbonyl (C=O) groups is 1. The van der Waals surface area contributed by atoms with E-state index in [1.165, 1.54) is 0 Å². The topological polar surface area (TPSA) is 53.0 Å². The van der Waals surface area contributed by atoms with Crippen LogP contribution in [0, 0.1) is 0 Å². The number of nitrogens with zero attached hydrogens (tertiary/aromatic N) is 2. The van der Waals surface area contributed by atoms with Gasteiger partial charge in [-0.25, -0.2) is 4.79 Å². The van der Waals surface area contributed by atoms with Gasteiger partial charge in [-0.05, 0) is 25.2 Å². The summed E-state index contributed by atoms with van der Waals surface area (Å²) in [5.41, 5.74) is 0.977. The minimum atomic E-state index is -4.63. The maximum atomic E-state index is 13.7. The summed E-state index contributed by atoms with van der Waals surface area (Å²) in [6.45, 7) is 5.87. The molecule has 0 saturated carbocycles. The number of alkyl halides is 3. The zero-order chi connectivity index (χ0) is 19.5. The molecule has 1 N–H and O–H groups in total. The largest absolute Gasteiger partial charge is 0.465 e. The van der Waals surface area contributed by atoms with Gasteiger partial charge in [-0.3, -0.25) is 9.80 Å². The number of carboxylic acid groups (broad SMARTS) is 1. The molecule has 146 valence electrons. The number of rotatable bonds is 5. The van der Waals surface area contributed by atoms with E-state index in [2.05, 4.69) is 0 Å². The SMILES string of the molecule is C[Si](C)(C)OC([C@@H]1CN(Cc2ccccc2)CCN1C(=O)O)C(F)(F)F. The molecule has 1 fully saturated rings. The smallest absolute Gasteiger partial charge is 0.415 e. The van der Waals surface area contributed by atoms with E-state index >= 15 is 0 Å². The predicted octanol–water partition coefficient (Wildman–Crippen LogP) is 3.63. The van der Waals surface area contributed by atoms with Crippen LogP contribution in [0.3, 0.4) is 0 Å². The van der Waals surface area contributed by atoms with Crippen molar-refractivity contribution in [3.63, 3.8) is 0 Å². The highest BCUT2D eigenvalue weighted by atomic mass is 28.4. The van der Waals surface area contributed by atoms with Gasteiger partial charge in [0.1, 0.15) is 0 Å². The Morgan fingerprint density at radius 2 is 1.88 bits per heavy atom. The van der Waals surface area contributed by atoms with Crippen molar-refractivity contribution in [2.45, 2.75) is 44.5 Å². The lowest BCUT2D eigenvalue weighted by atomic mass is 10.0. The molecule has 9 heteroatoms. The zero-order valence-electron chi connectivity index (χ0n) is 15.2. The average molecular weight is 390 g/mol. The number of hydrogen-bond donors (Lipinski definition) is 1. The summed E-state index contributed by atoms with van der Waals surface area (Å²) in [4.78, 5) is 14.3. The molecule has 2 rings (SSSR count). The molecule has 1 unspecified atom stereocenters. The second-order valence-corrected chi connectivity index (χ2v) is 11.9.